The summed E-state index contributed by atoms with van der Waals surface area (Å²) in [5.41, 5.74) is 0.605. The molecule has 0 spiro atoms. The molecule has 7 heteroatoms. The molecular weight excluding hydrogens is 370 g/mol. The third-order valence-electron chi connectivity index (χ3n) is 6.52. The average Bonchev–Trinajstić information content (AvgIpc) is 3.29. The maximum absolute atomic E-state index is 13.0. The number of piperidine rings is 1. The van der Waals surface area contributed by atoms with Crippen LogP contribution < -0.4 is 9.64 Å². The molecule has 0 bridgehead atoms. The zero-order valence-electron chi connectivity index (χ0n) is 17.0. The van der Waals surface area contributed by atoms with E-state index in [-0.39, 0.29) is 30.2 Å². The van der Waals surface area contributed by atoms with Crippen LogP contribution >= 0.6 is 0 Å². The van der Waals surface area contributed by atoms with Gasteiger partial charge in [0.25, 0.3) is 5.91 Å². The van der Waals surface area contributed by atoms with Crippen LogP contribution in [0.3, 0.4) is 0 Å². The number of benzene rings is 1. The van der Waals surface area contributed by atoms with Gasteiger partial charge in [-0.1, -0.05) is 0 Å². The van der Waals surface area contributed by atoms with Crippen LogP contribution in [0.1, 0.15) is 38.5 Å². The number of carbonyl (C=O) groups is 3. The quantitative estimate of drug-likeness (QED) is 0.685. The first kappa shape index (κ1) is 19.9. The summed E-state index contributed by atoms with van der Waals surface area (Å²) in [5.74, 6) is 1.31. The summed E-state index contributed by atoms with van der Waals surface area (Å²) in [7, 11) is 1.59. The Balaban J connectivity index is 1.31. The first-order valence-corrected chi connectivity index (χ1v) is 10.6. The van der Waals surface area contributed by atoms with Crippen molar-refractivity contribution in [2.24, 2.45) is 5.92 Å². The van der Waals surface area contributed by atoms with Gasteiger partial charge in [0.05, 0.1) is 25.3 Å². The smallest absolute Gasteiger partial charge is 0.251 e. The van der Waals surface area contributed by atoms with E-state index in [0.717, 1.165) is 51.9 Å². The summed E-state index contributed by atoms with van der Waals surface area (Å²) in [6, 6.07) is 6.68. The molecule has 1 atom stereocenters. The molecule has 0 unspecified atom stereocenters. The van der Waals surface area contributed by atoms with Crippen LogP contribution in [0.25, 0.3) is 0 Å². The summed E-state index contributed by atoms with van der Waals surface area (Å²) < 4.78 is 5.15. The van der Waals surface area contributed by atoms with Gasteiger partial charge in [-0.05, 0) is 69.0 Å². The lowest BCUT2D eigenvalue weighted by atomic mass is 9.92. The summed E-state index contributed by atoms with van der Waals surface area (Å²) in [5, 5.41) is 0. The summed E-state index contributed by atoms with van der Waals surface area (Å²) >= 11 is 0. The third-order valence-corrected chi connectivity index (χ3v) is 6.52. The molecule has 3 aliphatic rings. The van der Waals surface area contributed by atoms with E-state index < -0.39 is 0 Å². The van der Waals surface area contributed by atoms with Gasteiger partial charge in [-0.3, -0.25) is 19.3 Å². The highest BCUT2D eigenvalue weighted by Gasteiger charge is 2.43. The van der Waals surface area contributed by atoms with Crippen LogP contribution in [0, 0.1) is 5.92 Å². The molecule has 3 heterocycles. The Morgan fingerprint density at radius 1 is 1.00 bits per heavy atom. The minimum atomic E-state index is -0.356. The van der Waals surface area contributed by atoms with Crippen LogP contribution in [0.5, 0.6) is 5.75 Å². The second kappa shape index (κ2) is 8.53. The fraction of sp³-hybridized carbons (Fsp3) is 0.591. The lowest BCUT2D eigenvalue weighted by Crippen LogP contribution is -2.46. The van der Waals surface area contributed by atoms with E-state index in [1.54, 1.807) is 31.4 Å². The maximum Gasteiger partial charge on any atom is 0.251 e. The fourth-order valence-corrected chi connectivity index (χ4v) is 4.74. The van der Waals surface area contributed by atoms with Crippen molar-refractivity contribution in [2.75, 3.05) is 38.2 Å². The fourth-order valence-electron chi connectivity index (χ4n) is 4.74. The lowest BCUT2D eigenvalue weighted by molar-refractivity contribution is -0.128. The van der Waals surface area contributed by atoms with Crippen LogP contribution in [0.15, 0.2) is 24.3 Å². The highest BCUT2D eigenvalue weighted by atomic mass is 16.5. The molecular formula is C22H29N3O4. The number of imide groups is 1. The zero-order chi connectivity index (χ0) is 20.4. The Morgan fingerprint density at radius 3 is 2.34 bits per heavy atom. The summed E-state index contributed by atoms with van der Waals surface area (Å²) in [6.07, 6.45) is 5.00. The molecule has 3 amide bonds. The van der Waals surface area contributed by atoms with E-state index in [1.165, 1.54) is 4.90 Å². The number of carbonyl (C=O) groups excluding carboxylic acids is 3. The van der Waals surface area contributed by atoms with Gasteiger partial charge in [-0.2, -0.15) is 0 Å². The van der Waals surface area contributed by atoms with E-state index in [9.17, 15) is 14.4 Å². The molecule has 4 rings (SSSR count). The van der Waals surface area contributed by atoms with Crippen molar-refractivity contribution >= 4 is 23.4 Å². The molecule has 156 valence electrons. The molecule has 3 saturated heterocycles. The van der Waals surface area contributed by atoms with Gasteiger partial charge in [0.1, 0.15) is 5.75 Å². The molecule has 0 N–H and O–H groups in total. The second-order valence-electron chi connectivity index (χ2n) is 8.24. The molecule has 7 nitrogen and oxygen atoms in total. The van der Waals surface area contributed by atoms with Crippen molar-refractivity contribution in [1.29, 1.82) is 0 Å². The number of methoxy groups -OCH3 is 1. The van der Waals surface area contributed by atoms with Crippen molar-refractivity contribution in [2.45, 2.75) is 44.6 Å². The zero-order valence-corrected chi connectivity index (χ0v) is 17.0. The molecule has 3 aliphatic heterocycles. The van der Waals surface area contributed by atoms with Crippen LogP contribution in [-0.4, -0.2) is 66.9 Å². The predicted molar refractivity (Wildman–Crippen MR) is 109 cm³/mol. The minimum Gasteiger partial charge on any atom is -0.497 e. The molecule has 0 radical (unpaired) electrons. The number of likely N-dealkylation sites (tertiary alicyclic amines) is 2. The average molecular weight is 399 g/mol. The second-order valence-corrected chi connectivity index (χ2v) is 8.24. The maximum atomic E-state index is 13.0. The van der Waals surface area contributed by atoms with E-state index in [1.807, 2.05) is 4.90 Å². The van der Waals surface area contributed by atoms with E-state index in [0.29, 0.717) is 23.8 Å². The molecule has 0 saturated carbocycles. The van der Waals surface area contributed by atoms with Crippen molar-refractivity contribution in [3.05, 3.63) is 24.3 Å². The van der Waals surface area contributed by atoms with Gasteiger partial charge >= 0.3 is 0 Å². The Morgan fingerprint density at radius 2 is 1.72 bits per heavy atom. The van der Waals surface area contributed by atoms with Gasteiger partial charge in [0, 0.05) is 19.5 Å². The van der Waals surface area contributed by atoms with Crippen LogP contribution in [0.2, 0.25) is 0 Å². The number of rotatable bonds is 6. The number of hydrogen-bond donors (Lipinski definition) is 0. The normalized spacial score (nSPS) is 24.0. The Labute approximate surface area is 171 Å². The highest BCUT2D eigenvalue weighted by Crippen LogP contribution is 2.30. The molecule has 3 fully saturated rings. The Bertz CT molecular complexity index is 771. The number of hydrogen-bond acceptors (Lipinski definition) is 5. The van der Waals surface area contributed by atoms with Gasteiger partial charge < -0.3 is 9.64 Å². The molecule has 1 aromatic carbocycles. The van der Waals surface area contributed by atoms with Gasteiger partial charge in [0.2, 0.25) is 11.8 Å². The summed E-state index contributed by atoms with van der Waals surface area (Å²) in [6.45, 7) is 3.42. The summed E-state index contributed by atoms with van der Waals surface area (Å²) in [4.78, 5) is 42.7. The monoisotopic (exact) mass is 399 g/mol. The van der Waals surface area contributed by atoms with Crippen LogP contribution in [-0.2, 0) is 14.4 Å². The van der Waals surface area contributed by atoms with Crippen molar-refractivity contribution < 1.29 is 19.1 Å². The van der Waals surface area contributed by atoms with E-state index >= 15 is 0 Å². The molecule has 29 heavy (non-hydrogen) atoms. The van der Waals surface area contributed by atoms with Crippen molar-refractivity contribution in [3.63, 3.8) is 0 Å². The number of ether oxygens (including phenoxy) is 1. The Kier molecular flexibility index (Phi) is 5.85. The number of amides is 3. The lowest BCUT2D eigenvalue weighted by Gasteiger charge is -2.35. The third kappa shape index (κ3) is 4.15. The van der Waals surface area contributed by atoms with Gasteiger partial charge in [-0.15, -0.1) is 0 Å². The first-order valence-electron chi connectivity index (χ1n) is 10.6. The molecule has 0 aromatic heterocycles. The number of nitrogens with zero attached hydrogens (tertiary/aromatic N) is 3. The topological polar surface area (TPSA) is 70.2 Å². The van der Waals surface area contributed by atoms with E-state index in [4.69, 9.17) is 4.74 Å². The van der Waals surface area contributed by atoms with Gasteiger partial charge in [-0.25, -0.2) is 4.90 Å². The first-order chi connectivity index (χ1) is 14.1. The van der Waals surface area contributed by atoms with Crippen LogP contribution in [0.4, 0.5) is 5.69 Å². The Hall–Kier alpha value is -2.41. The number of anilines is 1. The minimum absolute atomic E-state index is 0.124. The largest absolute Gasteiger partial charge is 0.497 e. The molecule has 0 aliphatic carbocycles. The van der Waals surface area contributed by atoms with Gasteiger partial charge in [0.15, 0.2) is 0 Å². The standard InChI is InChI=1S/C22H29N3O4/c1-29-18-6-4-17(5-7-18)25-21(27)15-19(22(25)28)23-12-8-16(9-13-23)10-14-24-11-2-3-20(24)26/h4-7,16,19H,2-3,8-15H2,1H3/t19-/m1/s1. The molecule has 1 aromatic rings. The predicted octanol–water partition coefficient (Wildman–Crippen LogP) is 2.05. The SMILES string of the molecule is COc1ccc(N2C(=O)C[C@@H](N3CCC(CCN4CCCC4=O)CC3)C2=O)cc1. The van der Waals surface area contributed by atoms with Crippen molar-refractivity contribution in [3.8, 4) is 5.75 Å². The highest BCUT2D eigenvalue weighted by molar-refractivity contribution is 6.22. The van der Waals surface area contributed by atoms with Crippen molar-refractivity contribution in [1.82, 2.24) is 9.80 Å². The van der Waals surface area contributed by atoms with E-state index in [2.05, 4.69) is 4.90 Å².